The predicted octanol–water partition coefficient (Wildman–Crippen LogP) is 11.8. The molecule has 9 heteroatoms. The summed E-state index contributed by atoms with van der Waals surface area (Å²) in [6, 6.07) is 0. The van der Waals surface area contributed by atoms with Gasteiger partial charge in [-0.15, -0.1) is 0 Å². The average molecular weight is 724 g/mol. The van der Waals surface area contributed by atoms with Crippen molar-refractivity contribution in [3.05, 3.63) is 60.9 Å². The van der Waals surface area contributed by atoms with Crippen LogP contribution in [0.4, 0.5) is 0 Å². The lowest BCUT2D eigenvalue weighted by Crippen LogP contribution is -2.25. The lowest BCUT2D eigenvalue weighted by molar-refractivity contribution is -0.147. The molecule has 0 radical (unpaired) electrons. The van der Waals surface area contributed by atoms with E-state index in [-0.39, 0.29) is 32.3 Å². The first-order valence-electron chi connectivity index (χ1n) is 19.8. The molecular weight excluding hydrogens is 649 g/mol. The van der Waals surface area contributed by atoms with E-state index in [9.17, 15) is 14.3 Å². The van der Waals surface area contributed by atoms with Crippen molar-refractivity contribution in [3.8, 4) is 0 Å². The minimum atomic E-state index is -4.28. The molecule has 0 aliphatic heterocycles. The molecule has 1 unspecified atom stereocenters. The molecule has 0 saturated heterocycles. The second kappa shape index (κ2) is 38.3. The van der Waals surface area contributed by atoms with Gasteiger partial charge >= 0.3 is 13.8 Å². The van der Waals surface area contributed by atoms with E-state index in [1.54, 1.807) is 6.26 Å². The Morgan fingerprint density at radius 2 is 1.08 bits per heavy atom. The summed E-state index contributed by atoms with van der Waals surface area (Å²) in [4.78, 5) is 22.2. The van der Waals surface area contributed by atoms with Gasteiger partial charge in [-0.05, 0) is 89.5 Å². The van der Waals surface area contributed by atoms with Crippen LogP contribution in [-0.2, 0) is 27.9 Å². The van der Waals surface area contributed by atoms with Crippen LogP contribution in [0.5, 0.6) is 0 Å². The summed E-state index contributed by atoms with van der Waals surface area (Å²) in [6.45, 7) is 4.11. The first-order valence-corrected chi connectivity index (χ1v) is 21.3. The monoisotopic (exact) mass is 724 g/mol. The zero-order chi connectivity index (χ0) is 36.6. The molecule has 2 atom stereocenters. The van der Waals surface area contributed by atoms with Gasteiger partial charge in [0.05, 0.1) is 19.5 Å². The van der Waals surface area contributed by atoms with Crippen molar-refractivity contribution in [1.82, 2.24) is 0 Å². The second-order valence-corrected chi connectivity index (χ2v) is 14.3. The molecule has 50 heavy (non-hydrogen) atoms. The minimum Gasteiger partial charge on any atom is -0.492 e. The van der Waals surface area contributed by atoms with Crippen LogP contribution in [-0.4, -0.2) is 43.3 Å². The van der Waals surface area contributed by atoms with E-state index in [0.717, 1.165) is 57.8 Å². The van der Waals surface area contributed by atoms with Crippen molar-refractivity contribution in [2.24, 2.45) is 5.73 Å². The molecule has 0 aliphatic rings. The van der Waals surface area contributed by atoms with Gasteiger partial charge in [-0.3, -0.25) is 13.8 Å². The Bertz CT molecular complexity index is 947. The van der Waals surface area contributed by atoms with Gasteiger partial charge in [0.1, 0.15) is 6.61 Å². The molecule has 0 aromatic rings. The number of ether oxygens (including phenoxy) is 2. The number of carbonyl (C=O) groups excluding carboxylic acids is 1. The van der Waals surface area contributed by atoms with E-state index in [1.165, 1.54) is 83.5 Å². The molecule has 0 heterocycles. The van der Waals surface area contributed by atoms with Crippen molar-refractivity contribution in [2.45, 2.75) is 168 Å². The maximum atomic E-state index is 12.3. The number of nitrogens with two attached hydrogens (primary N) is 1. The lowest BCUT2D eigenvalue weighted by atomic mass is 10.1. The van der Waals surface area contributed by atoms with Gasteiger partial charge in [0.15, 0.2) is 6.10 Å². The first kappa shape index (κ1) is 48.0. The number of allylic oxidation sites excluding steroid dienone is 9. The smallest absolute Gasteiger partial charge is 0.472 e. The highest BCUT2D eigenvalue weighted by Gasteiger charge is 2.24. The third-order valence-electron chi connectivity index (χ3n) is 8.00. The Hall–Kier alpha value is -1.96. The van der Waals surface area contributed by atoms with Crippen molar-refractivity contribution in [3.63, 3.8) is 0 Å². The van der Waals surface area contributed by atoms with E-state index in [1.807, 2.05) is 6.08 Å². The lowest BCUT2D eigenvalue weighted by Gasteiger charge is -2.19. The highest BCUT2D eigenvalue weighted by molar-refractivity contribution is 7.47. The Morgan fingerprint density at radius 1 is 0.620 bits per heavy atom. The summed E-state index contributed by atoms with van der Waals surface area (Å²) < 4.78 is 33.1. The van der Waals surface area contributed by atoms with Gasteiger partial charge < -0.3 is 20.1 Å². The number of phosphoric acid groups is 1. The van der Waals surface area contributed by atoms with Crippen LogP contribution in [0, 0.1) is 0 Å². The van der Waals surface area contributed by atoms with Gasteiger partial charge in [0, 0.05) is 13.0 Å². The molecule has 0 aromatic heterocycles. The van der Waals surface area contributed by atoms with Gasteiger partial charge in [-0.2, -0.15) is 0 Å². The molecule has 0 fully saturated rings. The molecule has 0 bridgehead atoms. The van der Waals surface area contributed by atoms with Crippen LogP contribution >= 0.6 is 7.82 Å². The molecule has 0 rings (SSSR count). The largest absolute Gasteiger partial charge is 0.492 e. The van der Waals surface area contributed by atoms with Gasteiger partial charge in [0.25, 0.3) is 0 Å². The molecule has 290 valence electrons. The summed E-state index contributed by atoms with van der Waals surface area (Å²) in [5.74, 6) is -0.332. The average Bonchev–Trinajstić information content (AvgIpc) is 3.11. The van der Waals surface area contributed by atoms with Crippen LogP contribution < -0.4 is 5.73 Å². The van der Waals surface area contributed by atoms with Crippen molar-refractivity contribution >= 4 is 13.8 Å². The van der Waals surface area contributed by atoms with E-state index in [2.05, 4.69) is 62.5 Å². The number of carbonyl (C=O) groups is 1. The Morgan fingerprint density at radius 3 is 1.66 bits per heavy atom. The first-order chi connectivity index (χ1) is 24.4. The fraction of sp³-hybridized carbons (Fsp3) is 0.732. The van der Waals surface area contributed by atoms with E-state index in [0.29, 0.717) is 6.42 Å². The predicted molar refractivity (Wildman–Crippen MR) is 210 cm³/mol. The van der Waals surface area contributed by atoms with Gasteiger partial charge in [0.2, 0.25) is 0 Å². The molecule has 0 saturated carbocycles. The highest BCUT2D eigenvalue weighted by Crippen LogP contribution is 2.43. The van der Waals surface area contributed by atoms with Gasteiger partial charge in [-0.1, -0.05) is 120 Å². The van der Waals surface area contributed by atoms with Crippen LogP contribution in [0.3, 0.4) is 0 Å². The Labute approximate surface area is 306 Å². The zero-order valence-corrected chi connectivity index (χ0v) is 32.8. The van der Waals surface area contributed by atoms with E-state index < -0.39 is 13.9 Å². The number of rotatable bonds is 37. The molecular formula is C41H74NO7P. The summed E-state index contributed by atoms with van der Waals surface area (Å²) in [7, 11) is -4.28. The fourth-order valence-electron chi connectivity index (χ4n) is 4.98. The Balaban J connectivity index is 4.23. The molecule has 0 spiro atoms. The molecule has 3 N–H and O–H groups in total. The SMILES string of the molecule is CCCCC/C=C\C/C=C\C/C=C\CCCCC(=O)OC[C@H](COP(=O)(O)OCCN)O/C=C\CCCCCC/C=C\CCCCCCCC. The number of phosphoric ester groups is 1. The van der Waals surface area contributed by atoms with Crippen molar-refractivity contribution in [1.29, 1.82) is 0 Å². The van der Waals surface area contributed by atoms with Crippen LogP contribution in [0.2, 0.25) is 0 Å². The summed E-state index contributed by atoms with van der Waals surface area (Å²) in [5, 5.41) is 0. The summed E-state index contributed by atoms with van der Waals surface area (Å²) >= 11 is 0. The summed E-state index contributed by atoms with van der Waals surface area (Å²) in [5.41, 5.74) is 5.35. The number of esters is 1. The number of hydrogen-bond acceptors (Lipinski definition) is 7. The molecule has 0 aliphatic carbocycles. The van der Waals surface area contributed by atoms with Crippen molar-refractivity contribution < 1.29 is 32.8 Å². The molecule has 0 aromatic carbocycles. The third-order valence-corrected chi connectivity index (χ3v) is 8.98. The molecule has 8 nitrogen and oxygen atoms in total. The number of unbranched alkanes of at least 4 members (excludes halogenated alkanes) is 16. The highest BCUT2D eigenvalue weighted by atomic mass is 31.2. The van der Waals surface area contributed by atoms with Crippen LogP contribution in [0.1, 0.15) is 162 Å². The second-order valence-electron chi connectivity index (χ2n) is 12.8. The normalized spacial score (nSPS) is 14.2. The van der Waals surface area contributed by atoms with Crippen LogP contribution in [0.25, 0.3) is 0 Å². The van der Waals surface area contributed by atoms with Crippen molar-refractivity contribution in [2.75, 3.05) is 26.4 Å². The van der Waals surface area contributed by atoms with E-state index in [4.69, 9.17) is 24.3 Å². The third kappa shape index (κ3) is 37.3. The standard InChI is InChI=1S/C41H74NO7P/c1-3-5-7-9-11-13-15-17-19-21-23-25-27-29-31-33-36-46-40(39-49-50(44,45)48-37-35-42)38-47-41(43)34-32-30-28-26-24-22-20-18-16-14-12-10-8-6-4-2/h12,14,17-20,24,26,33,36,40H,3-11,13,15-16,21-23,25,27-32,34-35,37-39,42H2,1-2H3,(H,44,45)/b14-12-,19-17-,20-18-,26-24-,36-33-/t40-/m1/s1. The maximum Gasteiger partial charge on any atom is 0.472 e. The maximum absolute atomic E-state index is 12.3. The topological polar surface area (TPSA) is 117 Å². The molecule has 0 amide bonds. The van der Waals surface area contributed by atoms with E-state index >= 15 is 0 Å². The quantitative estimate of drug-likeness (QED) is 0.0214. The van der Waals surface area contributed by atoms with Gasteiger partial charge in [-0.25, -0.2) is 4.57 Å². The summed E-state index contributed by atoms with van der Waals surface area (Å²) in [6.07, 6.45) is 46.2. The fourth-order valence-corrected chi connectivity index (χ4v) is 5.75. The Kier molecular flexibility index (Phi) is 36.8. The van der Waals surface area contributed by atoms with Crippen LogP contribution in [0.15, 0.2) is 60.9 Å². The minimum absolute atomic E-state index is 0.0907. The zero-order valence-electron chi connectivity index (χ0n) is 31.9. The number of hydrogen-bond donors (Lipinski definition) is 2.